The number of benzene rings is 1. The predicted octanol–water partition coefficient (Wildman–Crippen LogP) is 2.56. The van der Waals surface area contributed by atoms with Gasteiger partial charge in [0.2, 0.25) is 0 Å². The molecular formula is C19H20F4N6O2. The maximum absolute atomic E-state index is 13.5. The molecule has 4 rings (SSSR count). The quantitative estimate of drug-likeness (QED) is 0.692. The first-order valence-corrected chi connectivity index (χ1v) is 9.56. The topological polar surface area (TPSA) is 73.7 Å². The van der Waals surface area contributed by atoms with E-state index in [0.717, 1.165) is 11.8 Å². The number of urea groups is 1. The lowest BCUT2D eigenvalue weighted by atomic mass is 10.1. The summed E-state index contributed by atoms with van der Waals surface area (Å²) in [5.41, 5.74) is 0.136. The lowest BCUT2D eigenvalue weighted by molar-refractivity contribution is -0.139. The summed E-state index contributed by atoms with van der Waals surface area (Å²) in [6.45, 7) is 1.47. The Balaban J connectivity index is 1.56. The molecule has 1 N–H and O–H groups in total. The Morgan fingerprint density at radius 3 is 2.61 bits per heavy atom. The van der Waals surface area contributed by atoms with Gasteiger partial charge < -0.3 is 10.2 Å². The lowest BCUT2D eigenvalue weighted by Crippen LogP contribution is -2.42. The highest BCUT2D eigenvalue weighted by molar-refractivity contribution is 5.95. The van der Waals surface area contributed by atoms with E-state index in [9.17, 15) is 27.2 Å². The van der Waals surface area contributed by atoms with Crippen molar-refractivity contribution in [1.29, 1.82) is 0 Å². The van der Waals surface area contributed by atoms with Crippen molar-refractivity contribution in [1.82, 2.24) is 24.7 Å². The highest BCUT2D eigenvalue weighted by atomic mass is 19.4. The van der Waals surface area contributed by atoms with Crippen molar-refractivity contribution in [2.45, 2.75) is 25.7 Å². The van der Waals surface area contributed by atoms with Crippen LogP contribution < -0.4 is 5.32 Å². The molecule has 0 bridgehead atoms. The van der Waals surface area contributed by atoms with Gasteiger partial charge in [0.1, 0.15) is 11.5 Å². The van der Waals surface area contributed by atoms with Gasteiger partial charge in [0, 0.05) is 44.9 Å². The van der Waals surface area contributed by atoms with E-state index in [0.29, 0.717) is 42.9 Å². The summed E-state index contributed by atoms with van der Waals surface area (Å²) in [6, 6.07) is 1.65. The fourth-order valence-corrected chi connectivity index (χ4v) is 3.72. The maximum atomic E-state index is 13.5. The van der Waals surface area contributed by atoms with Crippen molar-refractivity contribution in [3.8, 4) is 0 Å². The average molecular weight is 440 g/mol. The van der Waals surface area contributed by atoms with E-state index in [1.807, 2.05) is 0 Å². The second-order valence-corrected chi connectivity index (χ2v) is 7.50. The number of carbonyl (C=O) groups is 2. The van der Waals surface area contributed by atoms with Gasteiger partial charge in [0.25, 0.3) is 5.91 Å². The first kappa shape index (κ1) is 21.1. The monoisotopic (exact) mass is 440 g/mol. The minimum Gasteiger partial charge on any atom is -0.320 e. The van der Waals surface area contributed by atoms with E-state index in [1.165, 1.54) is 9.91 Å². The number of carbonyl (C=O) groups excluding carboxylic acids is 2. The van der Waals surface area contributed by atoms with E-state index in [2.05, 4.69) is 10.4 Å². The smallest absolute Gasteiger partial charge is 0.320 e. The maximum Gasteiger partial charge on any atom is 0.419 e. The Kier molecular flexibility index (Phi) is 5.12. The molecule has 2 aliphatic heterocycles. The third-order valence-corrected chi connectivity index (χ3v) is 5.56. The number of aromatic nitrogens is 2. The molecule has 166 valence electrons. The minimum absolute atomic E-state index is 0.0904. The molecule has 1 aromatic carbocycles. The predicted molar refractivity (Wildman–Crippen MR) is 101 cm³/mol. The Morgan fingerprint density at radius 2 is 1.90 bits per heavy atom. The molecule has 0 radical (unpaired) electrons. The second-order valence-electron chi connectivity index (χ2n) is 7.50. The zero-order valence-corrected chi connectivity index (χ0v) is 16.8. The normalized spacial score (nSPS) is 17.3. The van der Waals surface area contributed by atoms with E-state index >= 15 is 0 Å². The Labute approximate surface area is 175 Å². The molecular weight excluding hydrogens is 420 g/mol. The summed E-state index contributed by atoms with van der Waals surface area (Å²) < 4.78 is 53.9. The van der Waals surface area contributed by atoms with Crippen molar-refractivity contribution in [2.75, 3.05) is 32.5 Å². The molecule has 3 amide bonds. The second kappa shape index (κ2) is 7.52. The lowest BCUT2D eigenvalue weighted by Gasteiger charge is -2.28. The first-order valence-electron chi connectivity index (χ1n) is 9.56. The van der Waals surface area contributed by atoms with Gasteiger partial charge in [-0.05, 0) is 18.2 Å². The van der Waals surface area contributed by atoms with Crippen molar-refractivity contribution in [3.05, 3.63) is 46.5 Å². The Hall–Kier alpha value is -3.15. The number of hydrazine groups is 1. The van der Waals surface area contributed by atoms with Gasteiger partial charge in [-0.2, -0.15) is 18.3 Å². The number of fused-ring (bicyclic) bond motifs is 3. The number of hydrogen-bond acceptors (Lipinski definition) is 4. The molecule has 0 fully saturated rings. The summed E-state index contributed by atoms with van der Waals surface area (Å²) >= 11 is 0. The number of nitrogens with zero attached hydrogens (tertiary/aromatic N) is 5. The number of amides is 3. The third-order valence-electron chi connectivity index (χ3n) is 5.56. The van der Waals surface area contributed by atoms with Crippen LogP contribution in [0.1, 0.15) is 27.3 Å². The third kappa shape index (κ3) is 3.82. The van der Waals surface area contributed by atoms with E-state index in [1.54, 1.807) is 23.8 Å². The van der Waals surface area contributed by atoms with Crippen LogP contribution in [0.2, 0.25) is 0 Å². The van der Waals surface area contributed by atoms with Crippen LogP contribution in [0.25, 0.3) is 0 Å². The molecule has 0 saturated heterocycles. The molecule has 12 heteroatoms. The number of nitrogens with one attached hydrogen (secondary N) is 1. The van der Waals surface area contributed by atoms with Gasteiger partial charge >= 0.3 is 12.2 Å². The number of halogens is 4. The van der Waals surface area contributed by atoms with Crippen LogP contribution in [-0.2, 0) is 25.7 Å². The molecule has 0 spiro atoms. The first-order chi connectivity index (χ1) is 14.6. The molecule has 3 heterocycles. The average Bonchev–Trinajstić information content (AvgIpc) is 3.04. The molecule has 0 aliphatic carbocycles. The molecule has 2 aromatic rings. The van der Waals surface area contributed by atoms with Crippen LogP contribution in [0.15, 0.2) is 18.2 Å². The standard InChI is InChI=1S/C19H20F4N6O2/c1-26-7-8-29-16(17(30)27(26)2)12-10-28(6-5-15(12)25-29)18(31)24-11-3-4-14(20)13(9-11)19(21,22)23/h3-4,9H,5-8,10H2,1-2H3,(H,24,31). The zero-order chi connectivity index (χ0) is 22.5. The number of likely N-dealkylation sites (N-methyl/N-ethyl adjacent to an activating group) is 1. The van der Waals surface area contributed by atoms with Crippen molar-refractivity contribution in [2.24, 2.45) is 0 Å². The zero-order valence-electron chi connectivity index (χ0n) is 16.8. The summed E-state index contributed by atoms with van der Waals surface area (Å²) in [5.74, 6) is -1.66. The minimum atomic E-state index is -4.87. The van der Waals surface area contributed by atoms with Crippen LogP contribution in [0.4, 0.5) is 28.0 Å². The van der Waals surface area contributed by atoms with Crippen LogP contribution in [0, 0.1) is 5.82 Å². The van der Waals surface area contributed by atoms with Crippen LogP contribution in [0.5, 0.6) is 0 Å². The molecule has 31 heavy (non-hydrogen) atoms. The molecule has 8 nitrogen and oxygen atoms in total. The molecule has 2 aliphatic rings. The van der Waals surface area contributed by atoms with E-state index < -0.39 is 23.6 Å². The van der Waals surface area contributed by atoms with Crippen LogP contribution in [-0.4, -0.2) is 63.8 Å². The highest BCUT2D eigenvalue weighted by Crippen LogP contribution is 2.33. The van der Waals surface area contributed by atoms with Crippen molar-refractivity contribution >= 4 is 17.6 Å². The van der Waals surface area contributed by atoms with Crippen molar-refractivity contribution in [3.63, 3.8) is 0 Å². The van der Waals surface area contributed by atoms with Gasteiger partial charge in [0.15, 0.2) is 0 Å². The number of anilines is 1. The number of rotatable bonds is 1. The Morgan fingerprint density at radius 1 is 1.16 bits per heavy atom. The van der Waals surface area contributed by atoms with Gasteiger partial charge in [-0.25, -0.2) is 14.2 Å². The van der Waals surface area contributed by atoms with Gasteiger partial charge in [-0.1, -0.05) is 0 Å². The van der Waals surface area contributed by atoms with Crippen molar-refractivity contribution < 1.29 is 27.2 Å². The molecule has 0 saturated carbocycles. The summed E-state index contributed by atoms with van der Waals surface area (Å²) in [6.07, 6.45) is -4.47. The van der Waals surface area contributed by atoms with Gasteiger partial charge in [0.05, 0.1) is 24.3 Å². The Bertz CT molecular complexity index is 1050. The van der Waals surface area contributed by atoms with Gasteiger partial charge in [-0.3, -0.25) is 14.5 Å². The van der Waals surface area contributed by atoms with Crippen LogP contribution in [0.3, 0.4) is 0 Å². The van der Waals surface area contributed by atoms with E-state index in [4.69, 9.17) is 0 Å². The SMILES string of the molecule is CN1CCn2nc3c(c2C(=O)N1C)CN(C(=O)Nc1ccc(F)c(C(F)(F)F)c1)CC3. The summed E-state index contributed by atoms with van der Waals surface area (Å²) in [4.78, 5) is 27.0. The fraction of sp³-hybridized carbons (Fsp3) is 0.421. The van der Waals surface area contributed by atoms with E-state index in [-0.39, 0.29) is 24.7 Å². The fourth-order valence-electron chi connectivity index (χ4n) is 3.72. The van der Waals surface area contributed by atoms with Crippen LogP contribution >= 0.6 is 0 Å². The summed E-state index contributed by atoms with van der Waals surface area (Å²) in [7, 11) is 3.44. The van der Waals surface area contributed by atoms with Gasteiger partial charge in [-0.15, -0.1) is 0 Å². The number of alkyl halides is 3. The molecule has 0 atom stereocenters. The number of hydrogen-bond donors (Lipinski definition) is 1. The summed E-state index contributed by atoms with van der Waals surface area (Å²) in [5, 5.41) is 10.1. The highest BCUT2D eigenvalue weighted by Gasteiger charge is 2.36. The molecule has 1 aromatic heterocycles. The molecule has 0 unspecified atom stereocenters. The largest absolute Gasteiger partial charge is 0.419 e.